The van der Waals surface area contributed by atoms with Crippen LogP contribution in [0.15, 0.2) is 16.3 Å². The van der Waals surface area contributed by atoms with Crippen LogP contribution in [0.1, 0.15) is 18.2 Å². The second-order valence-electron chi connectivity index (χ2n) is 3.82. The normalized spacial score (nSPS) is 11.7. The lowest BCUT2D eigenvalue weighted by Gasteiger charge is -2.18. The van der Waals surface area contributed by atoms with Crippen molar-refractivity contribution >= 4 is 21.4 Å². The zero-order valence-electron chi connectivity index (χ0n) is 10.6. The molecule has 0 bridgehead atoms. The van der Waals surface area contributed by atoms with Gasteiger partial charge in [-0.2, -0.15) is 4.31 Å². The fourth-order valence-electron chi connectivity index (χ4n) is 1.55. The van der Waals surface area contributed by atoms with Crippen molar-refractivity contribution in [3.05, 3.63) is 16.3 Å². The molecule has 1 heterocycles. The van der Waals surface area contributed by atoms with Gasteiger partial charge in [0, 0.05) is 23.3 Å². The SMILES string of the molecule is C#CCN(CCC)S(=O)(=O)c1csc(CNC)c1. The maximum Gasteiger partial charge on any atom is 0.244 e. The Labute approximate surface area is 113 Å². The number of nitrogens with one attached hydrogen (secondary N) is 1. The maximum absolute atomic E-state index is 12.3. The van der Waals surface area contributed by atoms with E-state index in [1.165, 1.54) is 15.6 Å². The number of hydrogen-bond acceptors (Lipinski definition) is 4. The molecule has 0 atom stereocenters. The molecular weight excluding hydrogens is 268 g/mol. The number of rotatable bonds is 7. The van der Waals surface area contributed by atoms with Crippen LogP contribution < -0.4 is 5.32 Å². The first-order chi connectivity index (χ1) is 8.56. The van der Waals surface area contributed by atoms with Crippen LogP contribution in [0.3, 0.4) is 0 Å². The average molecular weight is 286 g/mol. The van der Waals surface area contributed by atoms with E-state index in [-0.39, 0.29) is 6.54 Å². The van der Waals surface area contributed by atoms with Crippen molar-refractivity contribution in [2.45, 2.75) is 24.8 Å². The summed E-state index contributed by atoms with van der Waals surface area (Å²) in [7, 11) is -1.62. The van der Waals surface area contributed by atoms with Gasteiger partial charge in [0.15, 0.2) is 0 Å². The Morgan fingerprint density at radius 3 is 2.83 bits per heavy atom. The summed E-state index contributed by atoms with van der Waals surface area (Å²) < 4.78 is 26.0. The van der Waals surface area contributed by atoms with Crippen LogP contribution in [0, 0.1) is 12.3 Å². The Morgan fingerprint density at radius 2 is 2.28 bits per heavy atom. The number of sulfonamides is 1. The van der Waals surface area contributed by atoms with Crippen LogP contribution in [0.25, 0.3) is 0 Å². The van der Waals surface area contributed by atoms with Gasteiger partial charge in [-0.3, -0.25) is 0 Å². The minimum atomic E-state index is -3.45. The summed E-state index contributed by atoms with van der Waals surface area (Å²) in [6, 6.07) is 1.70. The third kappa shape index (κ3) is 3.56. The van der Waals surface area contributed by atoms with Gasteiger partial charge in [-0.15, -0.1) is 17.8 Å². The molecule has 1 aromatic rings. The first-order valence-corrected chi connectivity index (χ1v) is 8.03. The van der Waals surface area contributed by atoms with Crippen LogP contribution in [-0.2, 0) is 16.6 Å². The van der Waals surface area contributed by atoms with E-state index in [0.29, 0.717) is 18.0 Å². The molecule has 0 aliphatic carbocycles. The molecule has 0 fully saturated rings. The molecule has 1 rings (SSSR count). The smallest absolute Gasteiger partial charge is 0.244 e. The molecule has 0 saturated heterocycles. The van der Waals surface area contributed by atoms with Gasteiger partial charge < -0.3 is 5.32 Å². The van der Waals surface area contributed by atoms with E-state index in [1.807, 2.05) is 14.0 Å². The standard InChI is InChI=1S/C12H18N2O2S2/c1-4-6-14(7-5-2)18(15,16)12-8-11(9-13-3)17-10-12/h1,8,10,13H,5-7,9H2,2-3H3. The van der Waals surface area contributed by atoms with Crippen LogP contribution in [-0.4, -0.2) is 32.9 Å². The molecule has 0 aromatic carbocycles. The second kappa shape index (κ2) is 6.90. The number of nitrogens with zero attached hydrogens (tertiary/aromatic N) is 1. The van der Waals surface area contributed by atoms with Crippen LogP contribution in [0.2, 0.25) is 0 Å². The van der Waals surface area contributed by atoms with E-state index >= 15 is 0 Å². The molecule has 0 spiro atoms. The highest BCUT2D eigenvalue weighted by molar-refractivity contribution is 7.89. The lowest BCUT2D eigenvalue weighted by atomic mass is 10.5. The van der Waals surface area contributed by atoms with Crippen molar-refractivity contribution in [2.75, 3.05) is 20.1 Å². The molecule has 0 radical (unpaired) electrons. The van der Waals surface area contributed by atoms with Crippen molar-refractivity contribution in [3.63, 3.8) is 0 Å². The second-order valence-corrected chi connectivity index (χ2v) is 6.76. The summed E-state index contributed by atoms with van der Waals surface area (Å²) in [5.74, 6) is 2.40. The third-order valence-corrected chi connectivity index (χ3v) is 5.27. The lowest BCUT2D eigenvalue weighted by Crippen LogP contribution is -2.32. The van der Waals surface area contributed by atoms with Gasteiger partial charge in [0.05, 0.1) is 11.4 Å². The fraction of sp³-hybridized carbons (Fsp3) is 0.500. The Morgan fingerprint density at radius 1 is 1.56 bits per heavy atom. The molecule has 100 valence electrons. The molecule has 0 unspecified atom stereocenters. The summed E-state index contributed by atoms with van der Waals surface area (Å²) in [4.78, 5) is 1.33. The van der Waals surface area contributed by atoms with E-state index < -0.39 is 10.0 Å². The molecule has 0 amide bonds. The molecule has 4 nitrogen and oxygen atoms in total. The third-order valence-electron chi connectivity index (χ3n) is 2.36. The summed E-state index contributed by atoms with van der Waals surface area (Å²) in [5.41, 5.74) is 0. The largest absolute Gasteiger partial charge is 0.315 e. The molecule has 0 aliphatic heterocycles. The molecular formula is C12H18N2O2S2. The fourth-order valence-corrected chi connectivity index (χ4v) is 4.27. The minimum Gasteiger partial charge on any atom is -0.315 e. The Kier molecular flexibility index (Phi) is 5.82. The molecule has 0 aliphatic rings. The quantitative estimate of drug-likeness (QED) is 0.773. The topological polar surface area (TPSA) is 49.4 Å². The van der Waals surface area contributed by atoms with E-state index in [2.05, 4.69) is 11.2 Å². The van der Waals surface area contributed by atoms with E-state index in [1.54, 1.807) is 11.4 Å². The zero-order valence-corrected chi connectivity index (χ0v) is 12.3. The van der Waals surface area contributed by atoms with Crippen LogP contribution in [0.4, 0.5) is 0 Å². The lowest BCUT2D eigenvalue weighted by molar-refractivity contribution is 0.446. The number of hydrogen-bond donors (Lipinski definition) is 1. The highest BCUT2D eigenvalue weighted by Gasteiger charge is 2.24. The van der Waals surface area contributed by atoms with Gasteiger partial charge in [-0.05, 0) is 19.5 Å². The number of terminal acetylenes is 1. The van der Waals surface area contributed by atoms with Gasteiger partial charge in [0.2, 0.25) is 10.0 Å². The maximum atomic E-state index is 12.3. The van der Waals surface area contributed by atoms with Crippen molar-refractivity contribution in [1.82, 2.24) is 9.62 Å². The minimum absolute atomic E-state index is 0.118. The first-order valence-electron chi connectivity index (χ1n) is 5.71. The molecule has 1 aromatic heterocycles. The van der Waals surface area contributed by atoms with Gasteiger partial charge in [0.25, 0.3) is 0 Å². The van der Waals surface area contributed by atoms with Gasteiger partial charge in [0.1, 0.15) is 0 Å². The predicted octanol–water partition coefficient (Wildman–Crippen LogP) is 1.50. The summed E-state index contributed by atoms with van der Waals surface area (Å²) >= 11 is 1.43. The van der Waals surface area contributed by atoms with Crippen LogP contribution >= 0.6 is 11.3 Å². The summed E-state index contributed by atoms with van der Waals surface area (Å²) in [6.07, 6.45) is 5.97. The summed E-state index contributed by atoms with van der Waals surface area (Å²) in [5, 5.41) is 4.67. The molecule has 6 heteroatoms. The van der Waals surface area contributed by atoms with Crippen molar-refractivity contribution in [1.29, 1.82) is 0 Å². The average Bonchev–Trinajstić information content (AvgIpc) is 2.78. The molecule has 0 saturated carbocycles. The van der Waals surface area contributed by atoms with Crippen LogP contribution in [0.5, 0.6) is 0 Å². The van der Waals surface area contributed by atoms with Gasteiger partial charge in [-0.25, -0.2) is 8.42 Å². The van der Waals surface area contributed by atoms with Gasteiger partial charge >= 0.3 is 0 Å². The van der Waals surface area contributed by atoms with Crippen molar-refractivity contribution < 1.29 is 8.42 Å². The molecule has 18 heavy (non-hydrogen) atoms. The van der Waals surface area contributed by atoms with E-state index in [9.17, 15) is 8.42 Å². The Bertz CT molecular complexity index is 514. The molecule has 1 N–H and O–H groups in total. The monoisotopic (exact) mass is 286 g/mol. The Hall–Kier alpha value is -0.870. The van der Waals surface area contributed by atoms with Gasteiger partial charge in [-0.1, -0.05) is 12.8 Å². The Balaban J connectivity index is 2.98. The van der Waals surface area contributed by atoms with E-state index in [0.717, 1.165) is 11.3 Å². The van der Waals surface area contributed by atoms with E-state index in [4.69, 9.17) is 6.42 Å². The highest BCUT2D eigenvalue weighted by atomic mass is 32.2. The zero-order chi connectivity index (χ0) is 13.6. The first kappa shape index (κ1) is 15.2. The highest BCUT2D eigenvalue weighted by Crippen LogP contribution is 2.22. The van der Waals surface area contributed by atoms with Crippen molar-refractivity contribution in [2.24, 2.45) is 0 Å². The predicted molar refractivity (Wildman–Crippen MR) is 75.0 cm³/mol. The number of thiophene rings is 1. The summed E-state index contributed by atoms with van der Waals surface area (Å²) in [6.45, 7) is 3.17. The van der Waals surface area contributed by atoms with Crippen molar-refractivity contribution in [3.8, 4) is 12.3 Å².